The zero-order chi connectivity index (χ0) is 40.8. The fraction of sp³-hybridized carbons (Fsp3) is 0.490. The van der Waals surface area contributed by atoms with Gasteiger partial charge in [0.05, 0.1) is 58.4 Å². The van der Waals surface area contributed by atoms with Gasteiger partial charge in [-0.15, -0.1) is 0 Å². The predicted molar refractivity (Wildman–Crippen MR) is 225 cm³/mol. The molecule has 10 nitrogen and oxygen atoms in total. The van der Waals surface area contributed by atoms with Crippen LogP contribution in [0.4, 0.5) is 0 Å². The van der Waals surface area contributed by atoms with Crippen LogP contribution in [0.3, 0.4) is 0 Å². The van der Waals surface area contributed by atoms with Crippen molar-refractivity contribution in [2.24, 2.45) is 10.8 Å². The Morgan fingerprint density at radius 3 is 1.56 bits per heavy atom. The van der Waals surface area contributed by atoms with Gasteiger partial charge in [-0.3, -0.25) is 0 Å². The lowest BCUT2D eigenvalue weighted by molar-refractivity contribution is -0.217. The molecule has 0 atom stereocenters. The van der Waals surface area contributed by atoms with Gasteiger partial charge in [-0.1, -0.05) is 51.0 Å². The molecule has 0 aromatic heterocycles. The molecule has 7 rings (SSSR count). The average Bonchev–Trinajstić information content (AvgIpc) is 3.59. The summed E-state index contributed by atoms with van der Waals surface area (Å²) < 4.78 is 39.8. The third-order valence-electron chi connectivity index (χ3n) is 11.0. The Balaban J connectivity index is 0.752. The summed E-state index contributed by atoms with van der Waals surface area (Å²) in [6.45, 7) is 12.5. The molecule has 0 N–H and O–H groups in total. The molecule has 0 radical (unpaired) electrons. The molecule has 316 valence electrons. The van der Waals surface area contributed by atoms with Crippen molar-refractivity contribution in [1.29, 1.82) is 0 Å². The van der Waals surface area contributed by atoms with Crippen molar-refractivity contribution in [3.05, 3.63) is 107 Å². The van der Waals surface area contributed by atoms with Crippen LogP contribution in [0.2, 0.25) is 0 Å². The number of fused-ring (bicyclic) bond motifs is 3. The van der Waals surface area contributed by atoms with Crippen molar-refractivity contribution in [3.63, 3.8) is 0 Å². The lowest BCUT2D eigenvalue weighted by atomic mass is 9.90. The van der Waals surface area contributed by atoms with Crippen LogP contribution in [-0.4, -0.2) is 72.0 Å². The molecule has 59 heavy (non-hydrogen) atoms. The van der Waals surface area contributed by atoms with Crippen LogP contribution >= 0.6 is 0 Å². The number of esters is 1. The second kappa shape index (κ2) is 21.2. The van der Waals surface area contributed by atoms with Crippen molar-refractivity contribution < 1.29 is 47.7 Å². The van der Waals surface area contributed by atoms with Gasteiger partial charge in [0.25, 0.3) is 0 Å². The van der Waals surface area contributed by atoms with E-state index >= 15 is 0 Å². The van der Waals surface area contributed by atoms with Crippen LogP contribution in [0, 0.1) is 10.8 Å². The number of carbonyl (C=O) groups excluding carboxylic acids is 1. The van der Waals surface area contributed by atoms with Crippen molar-refractivity contribution >= 4 is 5.97 Å². The fourth-order valence-corrected chi connectivity index (χ4v) is 7.38. The Morgan fingerprint density at radius 2 is 1.03 bits per heavy atom. The molecule has 0 bridgehead atoms. The largest absolute Gasteiger partial charge is 0.494 e. The second-order valence-electron chi connectivity index (χ2n) is 17.0. The van der Waals surface area contributed by atoms with E-state index in [1.165, 1.54) is 0 Å². The Hall–Kier alpha value is -4.45. The van der Waals surface area contributed by atoms with Gasteiger partial charge in [0.15, 0.2) is 5.75 Å². The summed E-state index contributed by atoms with van der Waals surface area (Å²) in [6, 6.07) is 26.8. The number of carbonyl (C=O) groups is 1. The molecule has 0 spiro atoms. The monoisotopic (exact) mass is 808 g/mol. The molecule has 0 amide bonds. The van der Waals surface area contributed by atoms with E-state index in [4.69, 9.17) is 42.9 Å². The zero-order valence-corrected chi connectivity index (χ0v) is 34.8. The zero-order valence-electron chi connectivity index (χ0n) is 34.8. The van der Waals surface area contributed by atoms with Crippen molar-refractivity contribution in [2.75, 3.05) is 66.1 Å². The normalized spacial score (nSPS) is 15.7. The summed E-state index contributed by atoms with van der Waals surface area (Å²) in [5.41, 5.74) is 6.37. The Labute approximate surface area is 349 Å². The van der Waals surface area contributed by atoms with Crippen LogP contribution < -0.4 is 19.1 Å². The highest BCUT2D eigenvalue weighted by Crippen LogP contribution is 2.40. The lowest BCUT2D eigenvalue weighted by Crippen LogP contribution is -2.43. The number of rotatable bonds is 26. The quantitative estimate of drug-likeness (QED) is 0.0177. The topological polar surface area (TPSA) is 100 Å². The van der Waals surface area contributed by atoms with E-state index in [9.17, 15) is 4.79 Å². The van der Waals surface area contributed by atoms with Crippen molar-refractivity contribution in [3.8, 4) is 34.1 Å². The predicted octanol–water partition coefficient (Wildman–Crippen LogP) is 9.97. The number of hydrogen-bond acceptors (Lipinski definition) is 10. The third kappa shape index (κ3) is 12.8. The van der Waals surface area contributed by atoms with Crippen molar-refractivity contribution in [1.82, 2.24) is 0 Å². The molecule has 3 aliphatic rings. The van der Waals surface area contributed by atoms with Crippen LogP contribution in [0.15, 0.2) is 84.9 Å². The third-order valence-corrected chi connectivity index (χ3v) is 11.0. The molecule has 2 fully saturated rings. The van der Waals surface area contributed by atoms with Gasteiger partial charge in [0, 0.05) is 24.0 Å². The molecule has 10 heteroatoms. The smallest absolute Gasteiger partial charge is 0.343 e. The summed E-state index contributed by atoms with van der Waals surface area (Å²) >= 11 is 0. The van der Waals surface area contributed by atoms with E-state index in [1.807, 2.05) is 72.8 Å². The Kier molecular flexibility index (Phi) is 15.3. The van der Waals surface area contributed by atoms with Crippen molar-refractivity contribution in [2.45, 2.75) is 78.2 Å². The Morgan fingerprint density at radius 1 is 0.559 bits per heavy atom. The standard InChI is InChI=1S/C49H60O10/c1-48(33-53-34-48)31-51-23-7-3-5-9-25-55-41-15-11-37(12-16-41)30-57-59-44-20-22-46-40(29-44)27-39-28-43(19-21-45(39)46)58-47(50)38-13-17-42(18-14-38)56-26-10-6-4-8-24-52-32-49(2)35-54-36-49/h11-22,28-29H,3-10,23-27,30-36H2,1-2H3. The average molecular weight is 809 g/mol. The first-order valence-corrected chi connectivity index (χ1v) is 21.4. The van der Waals surface area contributed by atoms with Gasteiger partial charge in [0.1, 0.15) is 23.9 Å². The molecule has 1 aliphatic carbocycles. The second-order valence-corrected chi connectivity index (χ2v) is 17.0. The minimum absolute atomic E-state index is 0.212. The maximum Gasteiger partial charge on any atom is 0.343 e. The number of hydrogen-bond donors (Lipinski definition) is 0. The first-order valence-electron chi connectivity index (χ1n) is 21.4. The summed E-state index contributed by atoms with van der Waals surface area (Å²) in [5.74, 6) is 2.33. The van der Waals surface area contributed by atoms with Crippen LogP contribution in [0.1, 0.15) is 92.3 Å². The van der Waals surface area contributed by atoms with E-state index in [1.54, 1.807) is 12.1 Å². The van der Waals surface area contributed by atoms with E-state index in [0.717, 1.165) is 144 Å². The summed E-state index contributed by atoms with van der Waals surface area (Å²) in [4.78, 5) is 24.3. The summed E-state index contributed by atoms with van der Waals surface area (Å²) in [6.07, 6.45) is 9.30. The van der Waals surface area contributed by atoms with Gasteiger partial charge in [-0.25, -0.2) is 4.79 Å². The minimum atomic E-state index is -0.406. The van der Waals surface area contributed by atoms with Crippen LogP contribution in [-0.2, 0) is 36.9 Å². The number of ether oxygens (including phenoxy) is 7. The molecule has 4 aromatic carbocycles. The van der Waals surface area contributed by atoms with E-state index < -0.39 is 5.97 Å². The highest BCUT2D eigenvalue weighted by atomic mass is 17.2. The molecule has 0 unspecified atom stereocenters. The molecule has 2 aliphatic heterocycles. The SMILES string of the molecule is CC1(COCCCCCCOc2ccc(COOc3ccc4c(c3)Cc3cc(OC(=O)c5ccc(OCCCCCCOCC6(C)COC6)cc5)ccc3-4)cc2)COC1. The first kappa shape index (κ1) is 42.7. The number of unbranched alkanes of at least 4 members (excludes halogenated alkanes) is 6. The molecule has 2 heterocycles. The highest BCUT2D eigenvalue weighted by molar-refractivity contribution is 5.91. The van der Waals surface area contributed by atoms with Gasteiger partial charge in [0.2, 0.25) is 0 Å². The number of benzene rings is 4. The van der Waals surface area contributed by atoms with E-state index in [-0.39, 0.29) is 10.8 Å². The van der Waals surface area contributed by atoms with Crippen LogP contribution in [0.25, 0.3) is 11.1 Å². The molecule has 2 saturated heterocycles. The first-order chi connectivity index (χ1) is 28.8. The van der Waals surface area contributed by atoms with Gasteiger partial charge in [-0.05, 0) is 133 Å². The minimum Gasteiger partial charge on any atom is -0.494 e. The van der Waals surface area contributed by atoms with Crippen LogP contribution in [0.5, 0.6) is 23.0 Å². The molecular formula is C49H60O10. The molecular weight excluding hydrogens is 749 g/mol. The van der Waals surface area contributed by atoms with Gasteiger partial charge < -0.3 is 38.0 Å². The highest BCUT2D eigenvalue weighted by Gasteiger charge is 2.34. The maximum absolute atomic E-state index is 13.0. The lowest BCUT2D eigenvalue weighted by Gasteiger charge is -2.37. The summed E-state index contributed by atoms with van der Waals surface area (Å²) in [5, 5.41) is 0. The molecule has 4 aromatic rings. The van der Waals surface area contributed by atoms with Gasteiger partial charge in [-0.2, -0.15) is 4.89 Å². The van der Waals surface area contributed by atoms with E-state index in [0.29, 0.717) is 43.3 Å². The Bertz CT molecular complexity index is 1920. The van der Waals surface area contributed by atoms with Gasteiger partial charge >= 0.3 is 5.97 Å². The molecule has 0 saturated carbocycles. The van der Waals surface area contributed by atoms with E-state index in [2.05, 4.69) is 13.8 Å². The maximum atomic E-state index is 13.0. The fourth-order valence-electron chi connectivity index (χ4n) is 7.38. The summed E-state index contributed by atoms with van der Waals surface area (Å²) in [7, 11) is 0.